The van der Waals surface area contributed by atoms with Crippen LogP contribution in [0.25, 0.3) is 0 Å². The molecule has 142 valence electrons. The molecule has 0 saturated heterocycles. The van der Waals surface area contributed by atoms with Gasteiger partial charge in [-0.2, -0.15) is 13.7 Å². The molecule has 2 N–H and O–H groups in total. The molecule has 1 aliphatic heterocycles. The van der Waals surface area contributed by atoms with E-state index in [1.165, 1.54) is 0 Å². The number of thiocarbonyl (C=S) groups is 1. The van der Waals surface area contributed by atoms with Crippen LogP contribution in [-0.4, -0.2) is 30.9 Å². The highest BCUT2D eigenvalue weighted by atomic mass is 32.2. The zero-order valence-electron chi connectivity index (χ0n) is 15.8. The first kappa shape index (κ1) is 20.6. The number of hydrogen-bond donors (Lipinski definition) is 1. The highest BCUT2D eigenvalue weighted by molar-refractivity contribution is 7.86. The van der Waals surface area contributed by atoms with Crippen molar-refractivity contribution in [3.8, 4) is 11.8 Å². The van der Waals surface area contributed by atoms with Crippen LogP contribution in [-0.2, 0) is 14.3 Å². The maximum Gasteiger partial charge on any atom is 0.265 e. The summed E-state index contributed by atoms with van der Waals surface area (Å²) in [4.78, 5) is -0.110. The van der Waals surface area contributed by atoms with Crippen molar-refractivity contribution in [2.24, 2.45) is 11.1 Å². The third kappa shape index (κ3) is 3.31. The quantitative estimate of drug-likeness (QED) is 0.619. The normalized spacial score (nSPS) is 24.9. The Bertz CT molecular complexity index is 895. The van der Waals surface area contributed by atoms with Crippen LogP contribution in [0.15, 0.2) is 18.2 Å². The summed E-state index contributed by atoms with van der Waals surface area (Å²) in [7, 11) is -3.92. The van der Waals surface area contributed by atoms with Gasteiger partial charge in [-0.15, -0.1) is 0 Å². The Labute approximate surface area is 160 Å². The SMILES string of the molecule is CC(C)(C)C1c2cc(C#N)ccc2OC(C)(C)C1(OS(C)(=O)=O)C(N)=S. The third-order valence-electron chi connectivity index (χ3n) is 4.63. The van der Waals surface area contributed by atoms with Crippen molar-refractivity contribution < 1.29 is 17.3 Å². The van der Waals surface area contributed by atoms with Gasteiger partial charge in [-0.1, -0.05) is 33.0 Å². The monoisotopic (exact) mass is 396 g/mol. The summed E-state index contributed by atoms with van der Waals surface area (Å²) >= 11 is 5.32. The van der Waals surface area contributed by atoms with Crippen LogP contribution >= 0.6 is 12.2 Å². The Morgan fingerprint density at radius 1 is 1.38 bits per heavy atom. The minimum Gasteiger partial charge on any atom is -0.484 e. The summed E-state index contributed by atoms with van der Waals surface area (Å²) in [6, 6.07) is 7.13. The van der Waals surface area contributed by atoms with Crippen LogP contribution in [0.4, 0.5) is 0 Å². The second-order valence-corrected chi connectivity index (χ2v) is 10.2. The van der Waals surface area contributed by atoms with E-state index >= 15 is 0 Å². The van der Waals surface area contributed by atoms with Crippen LogP contribution in [0.1, 0.15) is 51.7 Å². The van der Waals surface area contributed by atoms with Gasteiger partial charge in [0, 0.05) is 11.5 Å². The minimum atomic E-state index is -3.92. The molecule has 0 amide bonds. The molecule has 26 heavy (non-hydrogen) atoms. The van der Waals surface area contributed by atoms with E-state index in [0.29, 0.717) is 16.9 Å². The molecule has 8 heteroatoms. The predicted octanol–water partition coefficient (Wildman–Crippen LogP) is 2.86. The second kappa shape index (κ2) is 6.19. The topological polar surface area (TPSA) is 102 Å². The molecular weight excluding hydrogens is 372 g/mol. The molecule has 0 saturated carbocycles. The van der Waals surface area contributed by atoms with E-state index in [2.05, 4.69) is 6.07 Å². The number of hydrogen-bond acceptors (Lipinski definition) is 6. The number of fused-ring (bicyclic) bond motifs is 1. The summed E-state index contributed by atoms with van der Waals surface area (Å²) in [6.45, 7) is 9.25. The fourth-order valence-electron chi connectivity index (χ4n) is 3.80. The number of ether oxygens (including phenoxy) is 1. The maximum atomic E-state index is 12.2. The molecule has 2 rings (SSSR count). The Hall–Kier alpha value is -1.69. The molecule has 2 unspecified atom stereocenters. The van der Waals surface area contributed by atoms with Crippen LogP contribution < -0.4 is 10.5 Å². The first-order valence-electron chi connectivity index (χ1n) is 8.09. The van der Waals surface area contributed by atoms with Crippen LogP contribution in [0, 0.1) is 16.7 Å². The molecule has 1 heterocycles. The summed E-state index contributed by atoms with van der Waals surface area (Å²) in [5, 5.41) is 9.29. The van der Waals surface area contributed by atoms with E-state index in [4.69, 9.17) is 26.9 Å². The number of nitrogens with zero attached hydrogens (tertiary/aromatic N) is 1. The number of rotatable bonds is 3. The lowest BCUT2D eigenvalue weighted by molar-refractivity contribution is -0.0987. The zero-order valence-corrected chi connectivity index (χ0v) is 17.4. The van der Waals surface area contributed by atoms with Crippen LogP contribution in [0.2, 0.25) is 0 Å². The molecule has 0 aromatic heterocycles. The van der Waals surface area contributed by atoms with Gasteiger partial charge in [0.2, 0.25) is 0 Å². The van der Waals surface area contributed by atoms with E-state index in [1.54, 1.807) is 32.0 Å². The summed E-state index contributed by atoms with van der Waals surface area (Å²) in [6.07, 6.45) is 0.962. The van der Waals surface area contributed by atoms with E-state index in [-0.39, 0.29) is 4.99 Å². The third-order valence-corrected chi connectivity index (χ3v) is 5.50. The number of benzene rings is 1. The zero-order chi connectivity index (χ0) is 20.1. The molecule has 1 aliphatic rings. The first-order valence-corrected chi connectivity index (χ1v) is 10.3. The molecule has 0 bridgehead atoms. The summed E-state index contributed by atoms with van der Waals surface area (Å²) in [5.41, 5.74) is 3.89. The molecule has 2 atom stereocenters. The number of nitrogens with two attached hydrogens (primary N) is 1. The van der Waals surface area contributed by atoms with Crippen LogP contribution in [0.5, 0.6) is 5.75 Å². The molecule has 0 radical (unpaired) electrons. The van der Waals surface area contributed by atoms with Crippen molar-refractivity contribution in [3.05, 3.63) is 29.3 Å². The van der Waals surface area contributed by atoms with E-state index in [0.717, 1.165) is 6.26 Å². The fraction of sp³-hybridized carbons (Fsp3) is 0.556. The molecule has 0 spiro atoms. The van der Waals surface area contributed by atoms with Crippen molar-refractivity contribution in [3.63, 3.8) is 0 Å². The van der Waals surface area contributed by atoms with Gasteiger partial charge in [-0.25, -0.2) is 0 Å². The van der Waals surface area contributed by atoms with Gasteiger partial charge in [0.1, 0.15) is 16.3 Å². The van der Waals surface area contributed by atoms with E-state index in [1.807, 2.05) is 20.8 Å². The van der Waals surface area contributed by atoms with Gasteiger partial charge >= 0.3 is 0 Å². The number of nitriles is 1. The maximum absolute atomic E-state index is 12.2. The van der Waals surface area contributed by atoms with Gasteiger partial charge in [-0.3, -0.25) is 4.18 Å². The average Bonchev–Trinajstić information content (AvgIpc) is 2.43. The Morgan fingerprint density at radius 2 is 1.96 bits per heavy atom. The van der Waals surface area contributed by atoms with Crippen molar-refractivity contribution in [2.45, 2.75) is 51.7 Å². The average molecular weight is 397 g/mol. The highest BCUT2D eigenvalue weighted by Gasteiger charge is 2.64. The Morgan fingerprint density at radius 3 is 2.38 bits per heavy atom. The molecule has 1 aromatic carbocycles. The molecule has 0 fully saturated rings. The fourth-order valence-corrected chi connectivity index (χ4v) is 5.12. The van der Waals surface area contributed by atoms with Gasteiger partial charge in [-0.05, 0) is 37.5 Å². The van der Waals surface area contributed by atoms with Crippen molar-refractivity contribution in [1.82, 2.24) is 0 Å². The van der Waals surface area contributed by atoms with Crippen molar-refractivity contribution in [2.75, 3.05) is 6.26 Å². The molecular formula is C18H24N2O4S2. The predicted molar refractivity (Wildman–Crippen MR) is 104 cm³/mol. The lowest BCUT2D eigenvalue weighted by Gasteiger charge is -2.56. The van der Waals surface area contributed by atoms with Crippen molar-refractivity contribution in [1.29, 1.82) is 5.26 Å². The molecule has 6 nitrogen and oxygen atoms in total. The molecule has 1 aromatic rings. The standard InChI is InChI=1S/C18H24N2O4S2/c1-16(2,3)14-12-9-11(10-19)7-8-13(12)23-17(4,5)18(14,15(20)25)24-26(6,21)22/h7-9,14H,1-6H3,(H2,20,25). The van der Waals surface area contributed by atoms with Gasteiger partial charge in [0.15, 0.2) is 5.60 Å². The first-order chi connectivity index (χ1) is 11.7. The largest absolute Gasteiger partial charge is 0.484 e. The lowest BCUT2D eigenvalue weighted by Crippen LogP contribution is -2.69. The van der Waals surface area contributed by atoms with Crippen molar-refractivity contribution >= 4 is 27.3 Å². The Kier molecular flexibility index (Phi) is 4.91. The summed E-state index contributed by atoms with van der Waals surface area (Å²) < 4.78 is 36.0. The van der Waals surface area contributed by atoms with Gasteiger partial charge in [0.25, 0.3) is 10.1 Å². The summed E-state index contributed by atoms with van der Waals surface area (Å²) in [5.74, 6) is -0.00724. The van der Waals surface area contributed by atoms with Gasteiger partial charge in [0.05, 0.1) is 17.9 Å². The Balaban J connectivity index is 2.95. The second-order valence-electron chi connectivity index (χ2n) is 8.16. The van der Waals surface area contributed by atoms with Crippen LogP contribution in [0.3, 0.4) is 0 Å². The van der Waals surface area contributed by atoms with Gasteiger partial charge < -0.3 is 10.5 Å². The minimum absolute atomic E-state index is 0.110. The van der Waals surface area contributed by atoms with E-state index in [9.17, 15) is 13.7 Å². The molecule has 0 aliphatic carbocycles. The van der Waals surface area contributed by atoms with E-state index < -0.39 is 32.7 Å². The smallest absolute Gasteiger partial charge is 0.265 e. The lowest BCUT2D eigenvalue weighted by atomic mass is 9.60. The highest BCUT2D eigenvalue weighted by Crippen LogP contribution is 2.57.